The lowest BCUT2D eigenvalue weighted by Crippen LogP contribution is -2.41. The lowest BCUT2D eigenvalue weighted by Gasteiger charge is -2.32. The van der Waals surface area contributed by atoms with Gasteiger partial charge in [-0.3, -0.25) is 0 Å². The van der Waals surface area contributed by atoms with Crippen molar-refractivity contribution in [3.63, 3.8) is 0 Å². The number of rotatable bonds is 7. The molecule has 154 valence electrons. The summed E-state index contributed by atoms with van der Waals surface area (Å²) in [6.45, 7) is 4.62. The van der Waals surface area contributed by atoms with Crippen molar-refractivity contribution < 1.29 is 9.59 Å². The van der Waals surface area contributed by atoms with Crippen molar-refractivity contribution in [1.82, 2.24) is 15.5 Å². The Morgan fingerprint density at radius 3 is 2.45 bits per heavy atom. The van der Waals surface area contributed by atoms with Crippen molar-refractivity contribution >= 4 is 17.7 Å². The minimum absolute atomic E-state index is 0.00433. The fraction of sp³-hybridized carbons (Fsp3) is 0.391. The molecule has 2 aromatic rings. The first-order chi connectivity index (χ1) is 13.9. The lowest BCUT2D eigenvalue weighted by molar-refractivity contribution is 0.173. The van der Waals surface area contributed by atoms with Crippen molar-refractivity contribution in [1.29, 1.82) is 0 Å². The molecule has 1 aliphatic carbocycles. The van der Waals surface area contributed by atoms with Crippen LogP contribution in [-0.2, 0) is 6.54 Å². The lowest BCUT2D eigenvalue weighted by atomic mass is 9.95. The third kappa shape index (κ3) is 5.98. The second kappa shape index (κ2) is 9.45. The van der Waals surface area contributed by atoms with Crippen molar-refractivity contribution in [2.75, 3.05) is 12.4 Å². The zero-order valence-electron chi connectivity index (χ0n) is 17.3. The number of nitrogens with zero attached hydrogens (tertiary/aromatic N) is 1. The average Bonchev–Trinajstić information content (AvgIpc) is 3.50. The van der Waals surface area contributed by atoms with Crippen molar-refractivity contribution in [3.8, 4) is 0 Å². The van der Waals surface area contributed by atoms with Crippen LogP contribution in [-0.4, -0.2) is 30.1 Å². The van der Waals surface area contributed by atoms with E-state index in [1.165, 1.54) is 0 Å². The molecule has 1 fully saturated rings. The van der Waals surface area contributed by atoms with Gasteiger partial charge in [0.2, 0.25) is 0 Å². The van der Waals surface area contributed by atoms with Gasteiger partial charge in [0.15, 0.2) is 0 Å². The molecule has 29 heavy (non-hydrogen) atoms. The van der Waals surface area contributed by atoms with Gasteiger partial charge in [-0.15, -0.1) is 0 Å². The molecule has 6 heteroatoms. The van der Waals surface area contributed by atoms with Crippen LogP contribution in [0.25, 0.3) is 0 Å². The predicted octanol–water partition coefficient (Wildman–Crippen LogP) is 4.51. The van der Waals surface area contributed by atoms with E-state index in [4.69, 9.17) is 0 Å². The van der Waals surface area contributed by atoms with Gasteiger partial charge in [0, 0.05) is 25.3 Å². The molecule has 0 spiro atoms. The molecule has 1 saturated carbocycles. The van der Waals surface area contributed by atoms with E-state index in [1.807, 2.05) is 49.5 Å². The first-order valence-electron chi connectivity index (χ1n) is 10.2. The van der Waals surface area contributed by atoms with Gasteiger partial charge < -0.3 is 20.9 Å². The molecular weight excluding hydrogens is 364 g/mol. The van der Waals surface area contributed by atoms with Crippen molar-refractivity contribution in [3.05, 3.63) is 65.7 Å². The van der Waals surface area contributed by atoms with Crippen LogP contribution in [0.2, 0.25) is 0 Å². The van der Waals surface area contributed by atoms with Gasteiger partial charge in [0.1, 0.15) is 0 Å². The Labute approximate surface area is 172 Å². The fourth-order valence-electron chi connectivity index (χ4n) is 3.47. The Morgan fingerprint density at radius 2 is 1.79 bits per heavy atom. The summed E-state index contributed by atoms with van der Waals surface area (Å²) in [6.07, 6.45) is 2.10. The molecular formula is C23H30N4O2. The van der Waals surface area contributed by atoms with Gasteiger partial charge in [-0.05, 0) is 42.0 Å². The van der Waals surface area contributed by atoms with E-state index in [-0.39, 0.29) is 24.0 Å². The van der Waals surface area contributed by atoms with Crippen LogP contribution in [0.5, 0.6) is 0 Å². The molecule has 0 radical (unpaired) electrons. The number of anilines is 1. The molecule has 1 aliphatic rings. The van der Waals surface area contributed by atoms with Gasteiger partial charge in [-0.2, -0.15) is 0 Å². The Kier molecular flexibility index (Phi) is 6.75. The molecule has 4 amide bonds. The van der Waals surface area contributed by atoms with Crippen molar-refractivity contribution in [2.45, 2.75) is 45.3 Å². The normalized spacial score (nSPS) is 14.2. The predicted molar refractivity (Wildman–Crippen MR) is 116 cm³/mol. The maximum atomic E-state index is 12.8. The maximum absolute atomic E-state index is 12.8. The van der Waals surface area contributed by atoms with E-state index >= 15 is 0 Å². The summed E-state index contributed by atoms with van der Waals surface area (Å²) in [5.41, 5.74) is 2.76. The van der Waals surface area contributed by atoms with E-state index in [0.717, 1.165) is 24.0 Å². The Bertz CT molecular complexity index is 834. The van der Waals surface area contributed by atoms with Gasteiger partial charge in [-0.25, -0.2) is 9.59 Å². The molecule has 0 heterocycles. The number of amides is 4. The van der Waals surface area contributed by atoms with Gasteiger partial charge in [0.25, 0.3) is 0 Å². The maximum Gasteiger partial charge on any atom is 0.319 e. The van der Waals surface area contributed by atoms with Crippen LogP contribution in [0.4, 0.5) is 15.3 Å². The van der Waals surface area contributed by atoms with E-state index in [2.05, 4.69) is 41.9 Å². The molecule has 2 aromatic carbocycles. The second-order valence-electron chi connectivity index (χ2n) is 7.94. The highest BCUT2D eigenvalue weighted by Crippen LogP contribution is 2.27. The molecule has 3 rings (SSSR count). The summed E-state index contributed by atoms with van der Waals surface area (Å²) in [7, 11) is 1.83. The zero-order chi connectivity index (χ0) is 20.8. The molecule has 3 N–H and O–H groups in total. The highest BCUT2D eigenvalue weighted by molar-refractivity contribution is 5.89. The largest absolute Gasteiger partial charge is 0.335 e. The monoisotopic (exact) mass is 394 g/mol. The minimum Gasteiger partial charge on any atom is -0.335 e. The van der Waals surface area contributed by atoms with Crippen LogP contribution >= 0.6 is 0 Å². The number of nitrogens with one attached hydrogen (secondary N) is 3. The number of urea groups is 2. The van der Waals surface area contributed by atoms with E-state index in [0.29, 0.717) is 18.3 Å². The van der Waals surface area contributed by atoms with Gasteiger partial charge in [0.05, 0.1) is 6.04 Å². The average molecular weight is 395 g/mol. The standard InChI is InChI=1S/C23H30N4O2/c1-16(2)21(18-9-5-4-6-10-18)27(3)23(29)24-15-17-8-7-11-20(14-17)26-22(28)25-19-12-13-19/h4-11,14,16,19,21H,12-13,15H2,1-3H3,(H,24,29)(H2,25,26,28). The van der Waals surface area contributed by atoms with Gasteiger partial charge >= 0.3 is 12.1 Å². The SMILES string of the molecule is CC(C)C(c1ccccc1)N(C)C(=O)NCc1cccc(NC(=O)NC2CC2)c1. The molecule has 1 atom stereocenters. The smallest absolute Gasteiger partial charge is 0.319 e. The fourth-order valence-corrected chi connectivity index (χ4v) is 3.47. The van der Waals surface area contributed by atoms with E-state index in [9.17, 15) is 9.59 Å². The molecule has 1 unspecified atom stereocenters. The third-order valence-corrected chi connectivity index (χ3v) is 5.05. The van der Waals surface area contributed by atoms with Crippen LogP contribution in [0.3, 0.4) is 0 Å². The van der Waals surface area contributed by atoms with E-state index in [1.54, 1.807) is 4.90 Å². The highest BCUT2D eigenvalue weighted by Gasteiger charge is 2.25. The summed E-state index contributed by atoms with van der Waals surface area (Å²) >= 11 is 0. The third-order valence-electron chi connectivity index (χ3n) is 5.05. The number of carbonyl (C=O) groups excluding carboxylic acids is 2. The molecule has 0 saturated heterocycles. The van der Waals surface area contributed by atoms with Crippen LogP contribution in [0, 0.1) is 5.92 Å². The number of carbonyl (C=O) groups is 2. The number of hydrogen-bond acceptors (Lipinski definition) is 2. The van der Waals surface area contributed by atoms with E-state index < -0.39 is 0 Å². The molecule has 0 aliphatic heterocycles. The highest BCUT2D eigenvalue weighted by atomic mass is 16.2. The summed E-state index contributed by atoms with van der Waals surface area (Å²) in [5.74, 6) is 0.283. The van der Waals surface area contributed by atoms with Gasteiger partial charge in [-0.1, -0.05) is 56.3 Å². The first-order valence-corrected chi connectivity index (χ1v) is 10.2. The topological polar surface area (TPSA) is 73.5 Å². The van der Waals surface area contributed by atoms with Crippen LogP contribution in [0.1, 0.15) is 43.9 Å². The minimum atomic E-state index is -0.184. The quantitative estimate of drug-likeness (QED) is 0.646. The Morgan fingerprint density at radius 1 is 1.07 bits per heavy atom. The molecule has 0 aromatic heterocycles. The first kappa shape index (κ1) is 20.7. The molecule has 6 nitrogen and oxygen atoms in total. The Hall–Kier alpha value is -3.02. The van der Waals surface area contributed by atoms with Crippen LogP contribution in [0.15, 0.2) is 54.6 Å². The summed E-state index contributed by atoms with van der Waals surface area (Å²) in [6, 6.07) is 17.6. The zero-order valence-corrected chi connectivity index (χ0v) is 17.3. The molecule has 0 bridgehead atoms. The second-order valence-corrected chi connectivity index (χ2v) is 7.94. The summed E-state index contributed by atoms with van der Waals surface area (Å²) in [4.78, 5) is 26.4. The van der Waals surface area contributed by atoms with Crippen molar-refractivity contribution in [2.24, 2.45) is 5.92 Å². The summed E-state index contributed by atoms with van der Waals surface area (Å²) in [5, 5.41) is 8.73. The Balaban J connectivity index is 1.57. The number of benzene rings is 2. The van der Waals surface area contributed by atoms with Crippen LogP contribution < -0.4 is 16.0 Å². The number of hydrogen-bond donors (Lipinski definition) is 3. The summed E-state index contributed by atoms with van der Waals surface area (Å²) < 4.78 is 0.